The quantitative estimate of drug-likeness (QED) is 0.609. The number of likely N-dealkylation sites (tertiary alicyclic amines) is 1. The maximum atomic E-state index is 13.1. The third kappa shape index (κ3) is 5.37. The van der Waals surface area contributed by atoms with Crippen LogP contribution in [0.2, 0.25) is 0 Å². The van der Waals surface area contributed by atoms with E-state index in [0.717, 1.165) is 32.2 Å². The lowest BCUT2D eigenvalue weighted by Crippen LogP contribution is -2.69. The van der Waals surface area contributed by atoms with Crippen molar-refractivity contribution in [3.05, 3.63) is 40.8 Å². The summed E-state index contributed by atoms with van der Waals surface area (Å²) in [6, 6.07) is 8.84. The molecule has 34 heavy (non-hydrogen) atoms. The molecule has 6 nitrogen and oxygen atoms in total. The van der Waals surface area contributed by atoms with Gasteiger partial charge in [0, 0.05) is 19.1 Å². The van der Waals surface area contributed by atoms with Crippen LogP contribution in [0.4, 0.5) is 0 Å². The van der Waals surface area contributed by atoms with Gasteiger partial charge >= 0.3 is 0 Å². The van der Waals surface area contributed by atoms with Gasteiger partial charge < -0.3 is 10.6 Å². The fraction of sp³-hybridized carbons (Fsp3) is 0.630. The second-order valence-corrected chi connectivity index (χ2v) is 11.5. The van der Waals surface area contributed by atoms with Crippen molar-refractivity contribution in [2.24, 2.45) is 5.92 Å². The van der Waals surface area contributed by atoms with E-state index in [2.05, 4.69) is 57.4 Å². The van der Waals surface area contributed by atoms with Gasteiger partial charge in [0.15, 0.2) is 0 Å². The van der Waals surface area contributed by atoms with Gasteiger partial charge in [-0.15, -0.1) is 11.8 Å². The number of rotatable bonds is 4. The molecule has 1 aromatic rings. The van der Waals surface area contributed by atoms with E-state index in [-0.39, 0.29) is 35.3 Å². The molecule has 1 aliphatic carbocycles. The van der Waals surface area contributed by atoms with Crippen LogP contribution in [0, 0.1) is 12.8 Å². The van der Waals surface area contributed by atoms with Gasteiger partial charge in [0.25, 0.3) is 0 Å². The lowest BCUT2D eigenvalue weighted by Gasteiger charge is -2.43. The molecule has 0 bridgehead atoms. The minimum atomic E-state index is -0.238. The maximum Gasteiger partial charge on any atom is 0.237 e. The average molecular weight is 483 g/mol. The smallest absolute Gasteiger partial charge is 0.237 e. The van der Waals surface area contributed by atoms with Gasteiger partial charge in [0.2, 0.25) is 11.8 Å². The van der Waals surface area contributed by atoms with E-state index in [0.29, 0.717) is 12.6 Å². The van der Waals surface area contributed by atoms with Crippen molar-refractivity contribution in [3.8, 4) is 0 Å². The largest absolute Gasteiger partial charge is 0.353 e. The molecule has 184 valence electrons. The van der Waals surface area contributed by atoms with E-state index < -0.39 is 0 Å². The van der Waals surface area contributed by atoms with Gasteiger partial charge in [-0.2, -0.15) is 0 Å². The van der Waals surface area contributed by atoms with Crippen LogP contribution in [0.3, 0.4) is 0 Å². The zero-order valence-electron chi connectivity index (χ0n) is 20.2. The number of hydrogen-bond donors (Lipinski definition) is 3. The Morgan fingerprint density at radius 1 is 1.03 bits per heavy atom. The second-order valence-electron chi connectivity index (χ2n) is 10.4. The van der Waals surface area contributed by atoms with E-state index >= 15 is 0 Å². The summed E-state index contributed by atoms with van der Waals surface area (Å²) in [7, 11) is 0. The molecule has 3 aliphatic heterocycles. The van der Waals surface area contributed by atoms with Gasteiger partial charge in [0.1, 0.15) is 11.5 Å². The Balaban J connectivity index is 1.22. The lowest BCUT2D eigenvalue weighted by molar-refractivity contribution is -0.129. The van der Waals surface area contributed by atoms with Crippen LogP contribution in [-0.2, 0) is 9.59 Å². The van der Waals surface area contributed by atoms with E-state index in [9.17, 15) is 9.59 Å². The molecular formula is C27H38N4O2S. The Morgan fingerprint density at radius 2 is 1.76 bits per heavy atom. The molecule has 2 saturated heterocycles. The average Bonchev–Trinajstić information content (AvgIpc) is 3.26. The number of amides is 2. The Labute approximate surface area is 207 Å². The Morgan fingerprint density at radius 3 is 2.53 bits per heavy atom. The third-order valence-corrected chi connectivity index (χ3v) is 9.05. The Bertz CT molecular complexity index is 910. The first-order valence-electron chi connectivity index (χ1n) is 13.1. The normalized spacial score (nSPS) is 31.1. The molecule has 0 aromatic heterocycles. The summed E-state index contributed by atoms with van der Waals surface area (Å²) in [6.45, 7) is 3.66. The highest BCUT2D eigenvalue weighted by atomic mass is 32.2. The van der Waals surface area contributed by atoms with Gasteiger partial charge in [-0.1, -0.05) is 61.9 Å². The second kappa shape index (κ2) is 10.8. The number of piperidine rings is 1. The number of fused-ring (bicyclic) bond motifs is 1. The van der Waals surface area contributed by atoms with Crippen LogP contribution in [0.25, 0.3) is 5.57 Å². The van der Waals surface area contributed by atoms with Crippen molar-refractivity contribution in [2.45, 2.75) is 88.3 Å². The number of aryl methyl sites for hydroxylation is 1. The SMILES string of the molecule is Cc1ccc(C2=CSC3C(=O)NC(N4CCCC(C(=O)NC5CCCCCCC5)C4)NC23)cc1. The monoisotopic (exact) mass is 482 g/mol. The van der Waals surface area contributed by atoms with Crippen molar-refractivity contribution in [2.75, 3.05) is 13.1 Å². The molecule has 3 heterocycles. The van der Waals surface area contributed by atoms with Gasteiger partial charge in [-0.05, 0) is 49.2 Å². The van der Waals surface area contributed by atoms with Crippen molar-refractivity contribution >= 4 is 29.1 Å². The number of nitrogens with one attached hydrogen (secondary N) is 3. The van der Waals surface area contributed by atoms with Crippen LogP contribution in [0.5, 0.6) is 0 Å². The minimum absolute atomic E-state index is 0.0133. The molecule has 1 aromatic carbocycles. The molecule has 0 radical (unpaired) electrons. The van der Waals surface area contributed by atoms with Crippen molar-refractivity contribution < 1.29 is 9.59 Å². The number of hydrogen-bond acceptors (Lipinski definition) is 5. The number of nitrogens with zero attached hydrogens (tertiary/aromatic N) is 1. The van der Waals surface area contributed by atoms with Crippen LogP contribution < -0.4 is 16.0 Å². The predicted octanol–water partition coefficient (Wildman–Crippen LogP) is 3.76. The molecule has 1 saturated carbocycles. The van der Waals surface area contributed by atoms with Crippen LogP contribution >= 0.6 is 11.8 Å². The van der Waals surface area contributed by atoms with Crippen molar-refractivity contribution in [1.29, 1.82) is 0 Å². The molecule has 5 rings (SSSR count). The Hall–Kier alpha value is -1.83. The number of carbonyl (C=O) groups excluding carboxylic acids is 2. The summed E-state index contributed by atoms with van der Waals surface area (Å²) >= 11 is 1.60. The fourth-order valence-corrected chi connectivity index (χ4v) is 7.00. The number of benzene rings is 1. The van der Waals surface area contributed by atoms with Crippen LogP contribution in [0.15, 0.2) is 29.7 Å². The standard InChI is InChI=1S/C27H38N4O2S/c1-18-11-13-19(14-12-18)22-17-34-24-23(22)29-27(30-26(24)33)31-15-7-8-20(16-31)25(32)28-21-9-5-3-2-4-6-10-21/h11-14,17,20-21,23-24,27,29H,2-10,15-16H2,1H3,(H,28,32)(H,30,33). The predicted molar refractivity (Wildman–Crippen MR) is 138 cm³/mol. The number of thioether (sulfide) groups is 1. The molecule has 4 atom stereocenters. The maximum absolute atomic E-state index is 13.1. The molecule has 3 N–H and O–H groups in total. The molecule has 0 spiro atoms. The summed E-state index contributed by atoms with van der Waals surface area (Å²) in [4.78, 5) is 28.4. The zero-order chi connectivity index (χ0) is 23.5. The highest BCUT2D eigenvalue weighted by Gasteiger charge is 2.44. The minimum Gasteiger partial charge on any atom is -0.353 e. The highest BCUT2D eigenvalue weighted by molar-refractivity contribution is 8.04. The Kier molecular flexibility index (Phi) is 7.61. The van der Waals surface area contributed by atoms with Crippen LogP contribution in [-0.4, -0.2) is 53.4 Å². The molecular weight excluding hydrogens is 444 g/mol. The van der Waals surface area contributed by atoms with E-state index in [4.69, 9.17) is 0 Å². The first kappa shape index (κ1) is 23.9. The topological polar surface area (TPSA) is 73.5 Å². The lowest BCUT2D eigenvalue weighted by atomic mass is 9.93. The molecule has 7 heteroatoms. The van der Waals surface area contributed by atoms with Gasteiger partial charge in [-0.25, -0.2) is 0 Å². The third-order valence-electron chi connectivity index (χ3n) is 7.88. The zero-order valence-corrected chi connectivity index (χ0v) is 21.0. The molecule has 4 unspecified atom stereocenters. The highest BCUT2D eigenvalue weighted by Crippen LogP contribution is 2.38. The van der Waals surface area contributed by atoms with E-state index in [1.165, 1.54) is 48.8 Å². The summed E-state index contributed by atoms with van der Waals surface area (Å²) in [5.74, 6) is 0.269. The fourth-order valence-electron chi connectivity index (χ4n) is 5.85. The van der Waals surface area contributed by atoms with E-state index in [1.54, 1.807) is 11.8 Å². The summed E-state index contributed by atoms with van der Waals surface area (Å²) in [5, 5.41) is 12.3. The van der Waals surface area contributed by atoms with Crippen molar-refractivity contribution in [3.63, 3.8) is 0 Å². The summed E-state index contributed by atoms with van der Waals surface area (Å²) < 4.78 is 0. The van der Waals surface area contributed by atoms with Gasteiger partial charge in [-0.3, -0.25) is 19.8 Å². The molecule has 2 amide bonds. The van der Waals surface area contributed by atoms with E-state index in [1.807, 2.05) is 0 Å². The van der Waals surface area contributed by atoms with Crippen LogP contribution in [0.1, 0.15) is 68.9 Å². The van der Waals surface area contributed by atoms with Gasteiger partial charge in [0.05, 0.1) is 12.0 Å². The first-order chi connectivity index (χ1) is 16.6. The number of carbonyl (C=O) groups is 2. The molecule has 3 fully saturated rings. The molecule has 4 aliphatic rings. The summed E-state index contributed by atoms with van der Waals surface area (Å²) in [5.41, 5.74) is 3.59. The first-order valence-corrected chi connectivity index (χ1v) is 14.1. The van der Waals surface area contributed by atoms with Crippen molar-refractivity contribution in [1.82, 2.24) is 20.9 Å². The summed E-state index contributed by atoms with van der Waals surface area (Å²) in [6.07, 6.45) is 10.2.